The van der Waals surface area contributed by atoms with Gasteiger partial charge in [-0.05, 0) is 0 Å². The van der Waals surface area contributed by atoms with Crippen LogP contribution in [0.15, 0.2) is 54.6 Å². The number of aliphatic hydroxyl groups excluding tert-OH is 1. The fourth-order valence-corrected chi connectivity index (χ4v) is 7.62. The van der Waals surface area contributed by atoms with Crippen LogP contribution in [0.25, 0.3) is 0 Å². The van der Waals surface area contributed by atoms with E-state index in [0.29, 0.717) is 16.7 Å². The van der Waals surface area contributed by atoms with E-state index in [9.17, 15) is 5.11 Å². The number of aliphatic hydroxyl groups is 1. The van der Waals surface area contributed by atoms with Crippen molar-refractivity contribution >= 4 is 31.2 Å². The van der Waals surface area contributed by atoms with Crippen molar-refractivity contribution in [1.29, 1.82) is 0 Å². The Labute approximate surface area is 161 Å². The molecule has 1 saturated heterocycles. The van der Waals surface area contributed by atoms with E-state index in [-0.39, 0.29) is 33.6 Å². The predicted molar refractivity (Wildman–Crippen MR) is 108 cm³/mol. The molecule has 2 aromatic carbocycles. The first-order valence-electron chi connectivity index (χ1n) is 8.89. The average Bonchev–Trinajstić information content (AvgIpc) is 3.05. The molecule has 0 unspecified atom stereocenters. The van der Waals surface area contributed by atoms with Gasteiger partial charge in [0.1, 0.15) is 0 Å². The molecule has 1 N–H and O–H groups in total. The van der Waals surface area contributed by atoms with Crippen LogP contribution in [0.1, 0.15) is 36.3 Å². The number of ether oxygens (including phenoxy) is 1. The van der Waals surface area contributed by atoms with Gasteiger partial charge in [0.2, 0.25) is 0 Å². The predicted octanol–water partition coefficient (Wildman–Crippen LogP) is 4.00. The average molecular weight is 421 g/mol. The summed E-state index contributed by atoms with van der Waals surface area (Å²) in [6, 6.07) is 19.3. The van der Waals surface area contributed by atoms with E-state index in [1.165, 1.54) is 15.6 Å². The summed E-state index contributed by atoms with van der Waals surface area (Å²) in [6.45, 7) is 5.38. The number of hydrogen-bond acceptors (Lipinski definition) is 3. The third-order valence-electron chi connectivity index (χ3n) is 4.65. The van der Waals surface area contributed by atoms with E-state index >= 15 is 0 Å². The van der Waals surface area contributed by atoms with Crippen LogP contribution < -0.4 is 4.46 Å². The Morgan fingerprint density at radius 3 is 2.60 bits per heavy atom. The Balaban J connectivity index is 1.86. The van der Waals surface area contributed by atoms with Crippen LogP contribution >= 0.6 is 11.8 Å². The quantitative estimate of drug-likeness (QED) is 0.686. The molecule has 0 aromatic heterocycles. The number of thioether (sulfide) groups is 1. The van der Waals surface area contributed by atoms with Crippen molar-refractivity contribution in [3.8, 4) is 0 Å². The molecule has 0 aliphatic carbocycles. The Morgan fingerprint density at radius 1 is 1.16 bits per heavy atom. The molecule has 1 fully saturated rings. The first-order chi connectivity index (χ1) is 12.2. The topological polar surface area (TPSA) is 29.5 Å². The zero-order valence-electron chi connectivity index (χ0n) is 14.8. The molecule has 1 heterocycles. The molecule has 4 atom stereocenters. The van der Waals surface area contributed by atoms with Crippen LogP contribution in [-0.4, -0.2) is 39.0 Å². The van der Waals surface area contributed by atoms with Crippen LogP contribution in [-0.2, 0) is 4.74 Å². The number of benzene rings is 2. The standard InChI is InChI=1S/C21H26O2SSe/c1-3-24-15(2)18-11-7-8-12-19(18)25-21-17(13-22)14-23-20(21)16-9-5-4-6-10-16/h4-12,15,17,20-22H,3,13-14H2,1-2H3/t15-,17-,20+,21-/m1/s1. The van der Waals surface area contributed by atoms with Crippen molar-refractivity contribution in [3.05, 3.63) is 65.7 Å². The van der Waals surface area contributed by atoms with Gasteiger partial charge in [-0.3, -0.25) is 0 Å². The van der Waals surface area contributed by atoms with E-state index in [1.54, 1.807) is 0 Å². The van der Waals surface area contributed by atoms with Crippen molar-refractivity contribution in [2.45, 2.75) is 30.0 Å². The van der Waals surface area contributed by atoms with E-state index in [4.69, 9.17) is 4.74 Å². The van der Waals surface area contributed by atoms with Gasteiger partial charge in [0.05, 0.1) is 0 Å². The van der Waals surface area contributed by atoms with E-state index in [1.807, 2.05) is 17.8 Å². The van der Waals surface area contributed by atoms with Crippen LogP contribution in [0.3, 0.4) is 0 Å². The normalized spacial score (nSPS) is 24.4. The van der Waals surface area contributed by atoms with Crippen LogP contribution in [0.4, 0.5) is 0 Å². The molecular formula is C21H26O2SSe. The van der Waals surface area contributed by atoms with Gasteiger partial charge in [0.25, 0.3) is 0 Å². The Kier molecular flexibility index (Phi) is 7.03. The van der Waals surface area contributed by atoms with Crippen molar-refractivity contribution in [2.24, 2.45) is 5.92 Å². The zero-order chi connectivity index (χ0) is 17.6. The third-order valence-corrected chi connectivity index (χ3v) is 8.95. The molecule has 25 heavy (non-hydrogen) atoms. The summed E-state index contributed by atoms with van der Waals surface area (Å²) in [7, 11) is 0. The molecule has 1 aliphatic heterocycles. The van der Waals surface area contributed by atoms with Crippen LogP contribution in [0, 0.1) is 5.92 Å². The Morgan fingerprint density at radius 2 is 1.88 bits per heavy atom. The molecule has 0 spiro atoms. The van der Waals surface area contributed by atoms with Crippen molar-refractivity contribution in [2.75, 3.05) is 19.0 Å². The SMILES string of the molecule is CCS[C@H](C)c1ccccc1[Se][C@@H]1[C@H](CO)CO[C@H]1c1ccccc1. The van der Waals surface area contributed by atoms with Gasteiger partial charge in [0.15, 0.2) is 0 Å². The fourth-order valence-electron chi connectivity index (χ4n) is 3.32. The van der Waals surface area contributed by atoms with Crippen molar-refractivity contribution in [3.63, 3.8) is 0 Å². The summed E-state index contributed by atoms with van der Waals surface area (Å²) in [5.74, 6) is 1.36. The number of hydrogen-bond donors (Lipinski definition) is 1. The van der Waals surface area contributed by atoms with Gasteiger partial charge in [0, 0.05) is 0 Å². The zero-order valence-corrected chi connectivity index (χ0v) is 17.3. The molecule has 0 radical (unpaired) electrons. The fraction of sp³-hybridized carbons (Fsp3) is 0.429. The minimum atomic E-state index is 0.0977. The van der Waals surface area contributed by atoms with Crippen molar-refractivity contribution in [1.82, 2.24) is 0 Å². The molecule has 2 nitrogen and oxygen atoms in total. The van der Waals surface area contributed by atoms with E-state index in [0.717, 1.165) is 5.75 Å². The van der Waals surface area contributed by atoms with Crippen molar-refractivity contribution < 1.29 is 9.84 Å². The molecule has 2 aromatic rings. The van der Waals surface area contributed by atoms with E-state index < -0.39 is 0 Å². The summed E-state index contributed by atoms with van der Waals surface area (Å²) >= 11 is 2.26. The Hall–Kier alpha value is -0.771. The first-order valence-corrected chi connectivity index (χ1v) is 11.8. The monoisotopic (exact) mass is 422 g/mol. The molecular weight excluding hydrogens is 395 g/mol. The van der Waals surface area contributed by atoms with E-state index in [2.05, 4.69) is 62.4 Å². The maximum atomic E-state index is 9.87. The summed E-state index contributed by atoms with van der Waals surface area (Å²) in [5, 5.41) is 10.4. The van der Waals surface area contributed by atoms with Gasteiger partial charge in [-0.15, -0.1) is 0 Å². The number of rotatable bonds is 7. The summed E-state index contributed by atoms with van der Waals surface area (Å²) < 4.78 is 7.58. The summed E-state index contributed by atoms with van der Waals surface area (Å²) in [4.78, 5) is 0.375. The van der Waals surface area contributed by atoms with Gasteiger partial charge in [-0.25, -0.2) is 0 Å². The second-order valence-corrected chi connectivity index (χ2v) is 10.5. The maximum absolute atomic E-state index is 9.87. The second kappa shape index (κ2) is 9.25. The minimum absolute atomic E-state index is 0.0977. The first kappa shape index (κ1) is 19.0. The van der Waals surface area contributed by atoms with Crippen LogP contribution in [0.2, 0.25) is 4.82 Å². The molecule has 1 aliphatic rings. The molecule has 4 heteroatoms. The molecule has 0 amide bonds. The van der Waals surface area contributed by atoms with Gasteiger partial charge < -0.3 is 0 Å². The molecule has 3 rings (SSSR count). The second-order valence-electron chi connectivity index (χ2n) is 6.33. The molecule has 0 bridgehead atoms. The molecule has 134 valence electrons. The summed E-state index contributed by atoms with van der Waals surface area (Å²) in [5.41, 5.74) is 2.68. The third kappa shape index (κ3) is 4.50. The van der Waals surface area contributed by atoms with Gasteiger partial charge >= 0.3 is 162 Å². The molecule has 0 saturated carbocycles. The summed E-state index contributed by atoms with van der Waals surface area (Å²) in [6.07, 6.45) is 0.0977. The Bertz CT molecular complexity index is 664. The van der Waals surface area contributed by atoms with Gasteiger partial charge in [-0.2, -0.15) is 0 Å². The van der Waals surface area contributed by atoms with Crippen LogP contribution in [0.5, 0.6) is 0 Å². The van der Waals surface area contributed by atoms with Gasteiger partial charge in [-0.1, -0.05) is 0 Å².